The quantitative estimate of drug-likeness (QED) is 0.120. The molecule has 0 bridgehead atoms. The Morgan fingerprint density at radius 2 is 0.677 bits per heavy atom. The van der Waals surface area contributed by atoms with E-state index in [1.54, 1.807) is 0 Å². The van der Waals surface area contributed by atoms with Crippen molar-refractivity contribution in [3.8, 4) is 28.3 Å². The number of nitrogens with zero attached hydrogens (tertiary/aromatic N) is 6. The summed E-state index contributed by atoms with van der Waals surface area (Å²) in [6.07, 6.45) is 0. The molecule has 0 saturated carbocycles. The molecular weight excluding hydrogens is 1200 g/mol. The van der Waals surface area contributed by atoms with Crippen LogP contribution in [0.1, 0.15) is 0 Å². The van der Waals surface area contributed by atoms with Crippen molar-refractivity contribution in [2.24, 2.45) is 0 Å². The Kier molecular flexibility index (Phi) is 13.0. The highest BCUT2D eigenvalue weighted by molar-refractivity contribution is 7.02. The second-order valence-electron chi connectivity index (χ2n) is 25.9. The minimum absolute atomic E-state index is 0.213. The van der Waals surface area contributed by atoms with Crippen LogP contribution in [0.2, 0.25) is 0 Å². The van der Waals surface area contributed by atoms with Crippen molar-refractivity contribution in [2.75, 3.05) is 24.5 Å². The highest BCUT2D eigenvalue weighted by atomic mass is 16.5. The third kappa shape index (κ3) is 8.94. The number of rotatable bonds is 11. The molecule has 7 nitrogen and oxygen atoms in total. The molecule has 16 aromatic rings. The summed E-state index contributed by atoms with van der Waals surface area (Å²) in [5, 5.41) is 2.39. The van der Waals surface area contributed by atoms with Crippen LogP contribution < -0.4 is 62.0 Å². The van der Waals surface area contributed by atoms with Crippen LogP contribution in [0.25, 0.3) is 38.6 Å². The molecule has 0 spiro atoms. The normalized spacial score (nSPS) is 12.8. The summed E-state index contributed by atoms with van der Waals surface area (Å²) < 4.78 is 9.75. The van der Waals surface area contributed by atoms with E-state index in [0.29, 0.717) is 0 Å². The second kappa shape index (κ2) is 22.9. The largest absolute Gasteiger partial charge is 0.458 e. The van der Waals surface area contributed by atoms with E-state index in [0.717, 1.165) is 130 Å². The van der Waals surface area contributed by atoms with Gasteiger partial charge >= 0.3 is 0 Å². The van der Waals surface area contributed by atoms with Gasteiger partial charge in [0.25, 0.3) is 13.4 Å². The number of benzene rings is 15. The minimum Gasteiger partial charge on any atom is -0.458 e. The maximum absolute atomic E-state index is 7.34. The van der Waals surface area contributed by atoms with Crippen LogP contribution in [0.3, 0.4) is 0 Å². The lowest BCUT2D eigenvalue weighted by Gasteiger charge is -2.47. The molecule has 0 atom stereocenters. The molecule has 462 valence electrons. The first-order chi connectivity index (χ1) is 49.2. The summed E-state index contributed by atoms with van der Waals surface area (Å²) in [7, 11) is 0. The van der Waals surface area contributed by atoms with Crippen LogP contribution >= 0.6 is 0 Å². The molecule has 99 heavy (non-hydrogen) atoms. The summed E-state index contributed by atoms with van der Waals surface area (Å²) in [6.45, 7) is -0.435. The maximum Gasteiger partial charge on any atom is 0.256 e. The van der Waals surface area contributed by atoms with Gasteiger partial charge in [0.2, 0.25) is 0 Å². The van der Waals surface area contributed by atoms with E-state index < -0.39 is 0 Å². The van der Waals surface area contributed by atoms with E-state index in [4.69, 9.17) is 4.74 Å². The van der Waals surface area contributed by atoms with Gasteiger partial charge in [-0.2, -0.15) is 0 Å². The van der Waals surface area contributed by atoms with Gasteiger partial charge in [-0.1, -0.05) is 212 Å². The third-order valence-electron chi connectivity index (χ3n) is 20.5. The van der Waals surface area contributed by atoms with E-state index >= 15 is 0 Å². The maximum atomic E-state index is 7.34. The summed E-state index contributed by atoms with van der Waals surface area (Å²) in [5.41, 5.74) is 28.8. The molecule has 0 amide bonds. The summed E-state index contributed by atoms with van der Waals surface area (Å²) >= 11 is 0. The highest BCUT2D eigenvalue weighted by Gasteiger charge is 2.49. The minimum atomic E-state index is -0.222. The molecule has 4 aliphatic rings. The molecule has 20 rings (SSSR count). The van der Waals surface area contributed by atoms with Crippen molar-refractivity contribution in [3.63, 3.8) is 0 Å². The lowest BCUT2D eigenvalue weighted by atomic mass is 9.30. The van der Waals surface area contributed by atoms with E-state index in [1.807, 2.05) is 0 Å². The Balaban J connectivity index is 0.909. The average Bonchev–Trinajstić information content (AvgIpc) is 1.28. The number of aromatic nitrogens is 1. The molecule has 1 aromatic heterocycles. The van der Waals surface area contributed by atoms with Crippen molar-refractivity contribution in [3.05, 3.63) is 364 Å². The average molecular weight is 1260 g/mol. The first-order valence-corrected chi connectivity index (χ1v) is 34.1. The molecule has 0 radical (unpaired) electrons. The molecule has 0 saturated heterocycles. The van der Waals surface area contributed by atoms with Gasteiger partial charge in [-0.15, -0.1) is 0 Å². The molecule has 9 heteroatoms. The van der Waals surface area contributed by atoms with Crippen molar-refractivity contribution in [1.29, 1.82) is 0 Å². The van der Waals surface area contributed by atoms with Crippen molar-refractivity contribution in [2.45, 2.75) is 0 Å². The number of fused-ring (bicyclic) bond motifs is 11. The van der Waals surface area contributed by atoms with Gasteiger partial charge in [-0.25, -0.2) is 0 Å². The summed E-state index contributed by atoms with van der Waals surface area (Å²) in [4.78, 5) is 12.5. The fraction of sp³-hybridized carbons (Fsp3) is 0. The van der Waals surface area contributed by atoms with Gasteiger partial charge in [0, 0.05) is 96.3 Å². The fourth-order valence-corrected chi connectivity index (χ4v) is 16.4. The Morgan fingerprint density at radius 3 is 1.28 bits per heavy atom. The van der Waals surface area contributed by atoms with E-state index in [2.05, 4.69) is 393 Å². The first kappa shape index (κ1) is 56.4. The highest BCUT2D eigenvalue weighted by Crippen LogP contribution is 2.53. The SMILES string of the molecule is c1ccc(N(c2ccccc2)c2cc3c4c(c2)N(c2ccccc2)c2cc5c(cc2B4c2ccccc2O3)B2c3ccccc3N(c3ccccc3)c3cc(N(c4ccccc4)c4ccccc4)cc(c32)N5c2ccccc2-c2ccc3c(c2)c2ccccc2n3-c2ccccc2)cc1. The van der Waals surface area contributed by atoms with E-state index in [9.17, 15) is 0 Å². The van der Waals surface area contributed by atoms with Crippen molar-refractivity contribution < 1.29 is 4.74 Å². The predicted molar refractivity (Wildman–Crippen MR) is 415 cm³/mol. The van der Waals surface area contributed by atoms with Crippen LogP contribution in [0.5, 0.6) is 11.5 Å². The molecule has 0 unspecified atom stereocenters. The lowest BCUT2D eigenvalue weighted by Crippen LogP contribution is -2.64. The lowest BCUT2D eigenvalue weighted by molar-refractivity contribution is 0.487. The van der Waals surface area contributed by atoms with Crippen LogP contribution in [0.15, 0.2) is 364 Å². The second-order valence-corrected chi connectivity index (χ2v) is 25.9. The van der Waals surface area contributed by atoms with Crippen LogP contribution in [-0.4, -0.2) is 18.0 Å². The molecule has 0 aliphatic carbocycles. The van der Waals surface area contributed by atoms with Gasteiger partial charge in [0.1, 0.15) is 11.5 Å². The first-order valence-electron chi connectivity index (χ1n) is 34.1. The summed E-state index contributed by atoms with van der Waals surface area (Å²) in [6, 6.07) is 134. The van der Waals surface area contributed by atoms with Crippen LogP contribution in [-0.2, 0) is 0 Å². The van der Waals surface area contributed by atoms with Gasteiger partial charge < -0.3 is 33.8 Å². The molecule has 0 fully saturated rings. The number of hydrogen-bond donors (Lipinski definition) is 0. The fourth-order valence-electron chi connectivity index (χ4n) is 16.4. The predicted octanol–water partition coefficient (Wildman–Crippen LogP) is 19.9. The Hall–Kier alpha value is -13.0. The Bertz CT molecular complexity index is 5740. The standard InChI is InChI=1S/C90H60B2N6O/c1-8-30-62(31-9-1)93(63-32-10-2-11-33-63)69-55-84-89-85(56-69)98(78-48-26-22-44-71(78)61-52-53-80-73(54-61)72-45-23-27-49-79(72)95(80)66-38-16-5-17-39-66)83-60-82-76(59-77(83)91(89)74-46-24-28-50-81(74)96(84)67-40-18-6-19-41-67)92-75-47-25-29-51-87(75)99-88-58-70(57-86(90(88)92)97(82)68-42-20-7-21-43-68)94(64-34-12-3-13-35-64)65-36-14-4-15-37-65/h1-60H. The Morgan fingerprint density at radius 1 is 0.242 bits per heavy atom. The third-order valence-corrected chi connectivity index (χ3v) is 20.5. The number of ether oxygens (including phenoxy) is 1. The van der Waals surface area contributed by atoms with Gasteiger partial charge in [0.05, 0.1) is 28.1 Å². The topological polar surface area (TPSA) is 30.4 Å². The van der Waals surface area contributed by atoms with Gasteiger partial charge in [-0.05, 0) is 184 Å². The van der Waals surface area contributed by atoms with Gasteiger partial charge in [-0.3, -0.25) is 0 Å². The molecule has 0 N–H and O–H groups in total. The van der Waals surface area contributed by atoms with Crippen LogP contribution in [0.4, 0.5) is 85.3 Å². The monoisotopic (exact) mass is 1260 g/mol. The van der Waals surface area contributed by atoms with Crippen LogP contribution in [0, 0.1) is 0 Å². The smallest absolute Gasteiger partial charge is 0.256 e. The molecule has 5 heterocycles. The number of anilines is 15. The zero-order chi connectivity index (χ0) is 65.1. The molecule has 15 aromatic carbocycles. The van der Waals surface area contributed by atoms with E-state index in [1.165, 1.54) is 38.1 Å². The zero-order valence-electron chi connectivity index (χ0n) is 53.9. The number of para-hydroxylation sites is 11. The zero-order valence-corrected chi connectivity index (χ0v) is 53.9. The van der Waals surface area contributed by atoms with Crippen molar-refractivity contribution >= 4 is 153 Å². The van der Waals surface area contributed by atoms with Crippen molar-refractivity contribution in [1.82, 2.24) is 4.57 Å². The van der Waals surface area contributed by atoms with Gasteiger partial charge in [0.15, 0.2) is 0 Å². The number of hydrogen-bond acceptors (Lipinski definition) is 6. The Labute approximate surface area is 575 Å². The molecule has 4 aliphatic heterocycles. The molecular formula is C90H60B2N6O. The summed E-state index contributed by atoms with van der Waals surface area (Å²) in [5.74, 6) is 1.68. The van der Waals surface area contributed by atoms with E-state index in [-0.39, 0.29) is 13.4 Å².